The van der Waals surface area contributed by atoms with Gasteiger partial charge in [0.25, 0.3) is 0 Å². The molecule has 1 heterocycles. The van der Waals surface area contributed by atoms with E-state index >= 15 is 0 Å². The number of rotatable bonds is 2. The molecule has 0 bridgehead atoms. The van der Waals surface area contributed by atoms with Crippen molar-refractivity contribution in [1.29, 1.82) is 0 Å². The number of nitrogens with zero attached hydrogens (tertiary/aromatic N) is 1. The van der Waals surface area contributed by atoms with Crippen LogP contribution in [0.5, 0.6) is 0 Å². The average molecular weight is 121 g/mol. The van der Waals surface area contributed by atoms with E-state index in [2.05, 4.69) is 18.3 Å². The zero-order valence-electron chi connectivity index (χ0n) is 5.00. The first-order valence-corrected chi connectivity index (χ1v) is 2.58. The fourth-order valence-corrected chi connectivity index (χ4v) is 0.565. The van der Waals surface area contributed by atoms with E-state index in [9.17, 15) is 0 Å². The summed E-state index contributed by atoms with van der Waals surface area (Å²) in [7, 11) is 0. The molecule has 2 nitrogen and oxygen atoms in total. The zero-order valence-corrected chi connectivity index (χ0v) is 5.00. The minimum atomic E-state index is 0.671. The van der Waals surface area contributed by atoms with Crippen LogP contribution < -0.4 is 0 Å². The third-order valence-electron chi connectivity index (χ3n) is 1.03. The van der Waals surface area contributed by atoms with Crippen LogP contribution in [0.25, 0.3) is 12.2 Å². The van der Waals surface area contributed by atoms with Crippen LogP contribution in [0.15, 0.2) is 23.9 Å². The van der Waals surface area contributed by atoms with Crippen LogP contribution in [0.3, 0.4) is 0 Å². The van der Waals surface area contributed by atoms with Gasteiger partial charge in [-0.3, -0.25) is 0 Å². The lowest BCUT2D eigenvalue weighted by molar-refractivity contribution is 0.412. The van der Waals surface area contributed by atoms with E-state index in [1.54, 1.807) is 18.3 Å². The maximum absolute atomic E-state index is 4.77. The van der Waals surface area contributed by atoms with Crippen molar-refractivity contribution in [2.24, 2.45) is 0 Å². The molecule has 46 valence electrons. The fourth-order valence-electron chi connectivity index (χ4n) is 0.565. The van der Waals surface area contributed by atoms with Gasteiger partial charge in [0, 0.05) is 5.56 Å². The monoisotopic (exact) mass is 121 g/mol. The van der Waals surface area contributed by atoms with Crippen LogP contribution in [0.1, 0.15) is 11.3 Å². The van der Waals surface area contributed by atoms with Crippen molar-refractivity contribution in [3.8, 4) is 0 Å². The number of hydrogen-bond donors (Lipinski definition) is 0. The normalized spacial score (nSPS) is 8.89. The van der Waals surface area contributed by atoms with E-state index in [1.807, 2.05) is 0 Å². The highest BCUT2D eigenvalue weighted by Gasteiger charge is 1.96. The molecule has 0 saturated heterocycles. The van der Waals surface area contributed by atoms with Gasteiger partial charge in [-0.2, -0.15) is 0 Å². The van der Waals surface area contributed by atoms with Crippen molar-refractivity contribution in [3.05, 3.63) is 30.7 Å². The van der Waals surface area contributed by atoms with E-state index in [4.69, 9.17) is 4.52 Å². The molecule has 1 aromatic rings. The summed E-state index contributed by atoms with van der Waals surface area (Å²) in [5, 5.41) is 3.55. The molecule has 0 aliphatic heterocycles. The largest absolute Gasteiger partial charge is 0.356 e. The third-order valence-corrected chi connectivity index (χ3v) is 1.03. The standard InChI is InChI=1S/C7H7NO/c1-3-6-5-8-9-7(6)4-2/h3-5H,1-2H2. The summed E-state index contributed by atoms with van der Waals surface area (Å²) in [5.74, 6) is 0.671. The van der Waals surface area contributed by atoms with Crippen molar-refractivity contribution in [2.75, 3.05) is 0 Å². The van der Waals surface area contributed by atoms with Crippen LogP contribution in [-0.2, 0) is 0 Å². The lowest BCUT2D eigenvalue weighted by atomic mass is 10.2. The van der Waals surface area contributed by atoms with E-state index in [1.165, 1.54) is 0 Å². The maximum Gasteiger partial charge on any atom is 0.166 e. The zero-order chi connectivity index (χ0) is 6.69. The fraction of sp³-hybridized carbons (Fsp3) is 0. The van der Waals surface area contributed by atoms with Gasteiger partial charge in [0.05, 0.1) is 6.20 Å². The summed E-state index contributed by atoms with van der Waals surface area (Å²) in [5.41, 5.74) is 0.880. The van der Waals surface area contributed by atoms with E-state index in [-0.39, 0.29) is 0 Å². The topological polar surface area (TPSA) is 26.0 Å². The number of aromatic nitrogens is 1. The minimum absolute atomic E-state index is 0.671. The summed E-state index contributed by atoms with van der Waals surface area (Å²) < 4.78 is 4.77. The Labute approximate surface area is 53.5 Å². The first-order valence-electron chi connectivity index (χ1n) is 2.58. The summed E-state index contributed by atoms with van der Waals surface area (Å²) in [6, 6.07) is 0. The summed E-state index contributed by atoms with van der Waals surface area (Å²) in [6.45, 7) is 7.09. The Balaban J connectivity index is 3.12. The van der Waals surface area contributed by atoms with E-state index < -0.39 is 0 Å². The highest BCUT2D eigenvalue weighted by atomic mass is 16.5. The van der Waals surface area contributed by atoms with E-state index in [0.717, 1.165) is 5.56 Å². The minimum Gasteiger partial charge on any atom is -0.356 e. The second kappa shape index (κ2) is 2.31. The van der Waals surface area contributed by atoms with Crippen LogP contribution in [0.2, 0.25) is 0 Å². The van der Waals surface area contributed by atoms with Crippen LogP contribution in [0.4, 0.5) is 0 Å². The van der Waals surface area contributed by atoms with Gasteiger partial charge in [-0.15, -0.1) is 0 Å². The molecule has 0 aromatic carbocycles. The van der Waals surface area contributed by atoms with Crippen LogP contribution in [-0.4, -0.2) is 5.16 Å². The van der Waals surface area contributed by atoms with Gasteiger partial charge >= 0.3 is 0 Å². The quantitative estimate of drug-likeness (QED) is 0.597. The highest BCUT2D eigenvalue weighted by Crippen LogP contribution is 2.09. The molecule has 9 heavy (non-hydrogen) atoms. The summed E-state index contributed by atoms with van der Waals surface area (Å²) in [4.78, 5) is 0. The second-order valence-electron chi connectivity index (χ2n) is 1.55. The SMILES string of the molecule is C=Cc1cnoc1C=C. The van der Waals surface area contributed by atoms with Crippen molar-refractivity contribution < 1.29 is 4.52 Å². The molecule has 0 aliphatic rings. The Morgan fingerprint density at radius 1 is 1.44 bits per heavy atom. The van der Waals surface area contributed by atoms with Gasteiger partial charge < -0.3 is 4.52 Å². The first-order chi connectivity index (χ1) is 4.38. The molecule has 2 heteroatoms. The second-order valence-corrected chi connectivity index (χ2v) is 1.55. The van der Waals surface area contributed by atoms with Crippen molar-refractivity contribution in [3.63, 3.8) is 0 Å². The van der Waals surface area contributed by atoms with Crippen molar-refractivity contribution >= 4 is 12.2 Å². The molecular weight excluding hydrogens is 114 g/mol. The Bertz CT molecular complexity index is 202. The van der Waals surface area contributed by atoms with Gasteiger partial charge in [-0.1, -0.05) is 24.4 Å². The summed E-state index contributed by atoms with van der Waals surface area (Å²) >= 11 is 0. The van der Waals surface area contributed by atoms with Gasteiger partial charge in [0.1, 0.15) is 0 Å². The Morgan fingerprint density at radius 2 is 2.22 bits per heavy atom. The summed E-state index contributed by atoms with van der Waals surface area (Å²) in [6.07, 6.45) is 4.88. The van der Waals surface area contributed by atoms with E-state index in [0.29, 0.717) is 5.76 Å². The Morgan fingerprint density at radius 3 is 2.67 bits per heavy atom. The smallest absolute Gasteiger partial charge is 0.166 e. The van der Waals surface area contributed by atoms with Crippen molar-refractivity contribution in [2.45, 2.75) is 0 Å². The molecule has 0 N–H and O–H groups in total. The van der Waals surface area contributed by atoms with Crippen LogP contribution in [0, 0.1) is 0 Å². The average Bonchev–Trinajstić information content (AvgIpc) is 2.33. The molecule has 0 radical (unpaired) electrons. The highest BCUT2D eigenvalue weighted by molar-refractivity contribution is 5.57. The lowest BCUT2D eigenvalue weighted by Crippen LogP contribution is -1.66. The molecule has 0 saturated carbocycles. The van der Waals surface area contributed by atoms with Crippen LogP contribution >= 0.6 is 0 Å². The van der Waals surface area contributed by atoms with Crippen molar-refractivity contribution in [1.82, 2.24) is 5.16 Å². The molecule has 0 spiro atoms. The molecular formula is C7H7NO. The predicted molar refractivity (Wildman–Crippen MR) is 36.7 cm³/mol. The molecule has 1 aromatic heterocycles. The lowest BCUT2D eigenvalue weighted by Gasteiger charge is -1.80. The molecule has 0 unspecified atom stereocenters. The van der Waals surface area contributed by atoms with Gasteiger partial charge in [0.15, 0.2) is 5.76 Å². The molecule has 1 rings (SSSR count). The Hall–Kier alpha value is -1.31. The maximum atomic E-state index is 4.77. The first kappa shape index (κ1) is 5.82. The third kappa shape index (κ3) is 0.914. The molecule has 0 fully saturated rings. The molecule has 0 aliphatic carbocycles. The van der Waals surface area contributed by atoms with Gasteiger partial charge in [0.2, 0.25) is 0 Å². The molecule has 0 atom stereocenters. The molecule has 0 amide bonds. The Kier molecular flexibility index (Phi) is 1.49. The van der Waals surface area contributed by atoms with Gasteiger partial charge in [-0.25, -0.2) is 0 Å². The van der Waals surface area contributed by atoms with Gasteiger partial charge in [-0.05, 0) is 6.08 Å². The predicted octanol–water partition coefficient (Wildman–Crippen LogP) is 1.96. The number of hydrogen-bond acceptors (Lipinski definition) is 2.